The topological polar surface area (TPSA) is 43.4 Å². The minimum Gasteiger partial charge on any atom is -0.393 e. The van der Waals surface area contributed by atoms with E-state index < -0.39 is 0 Å². The summed E-state index contributed by atoms with van der Waals surface area (Å²) in [6.45, 7) is 2.17. The van der Waals surface area contributed by atoms with Gasteiger partial charge in [0.2, 0.25) is 0 Å². The predicted octanol–water partition coefficient (Wildman–Crippen LogP) is 2.60. The molecule has 3 nitrogen and oxygen atoms in total. The van der Waals surface area contributed by atoms with Crippen molar-refractivity contribution in [2.24, 2.45) is 5.92 Å². The third kappa shape index (κ3) is 4.28. The molecule has 1 rings (SSSR count). The van der Waals surface area contributed by atoms with Gasteiger partial charge >= 0.3 is 11.9 Å². The van der Waals surface area contributed by atoms with E-state index in [0.29, 0.717) is 6.42 Å². The summed E-state index contributed by atoms with van der Waals surface area (Å²) in [5.41, 5.74) is 0. The highest BCUT2D eigenvalue weighted by atomic mass is 16.6. The Morgan fingerprint density at radius 1 is 1.33 bits per heavy atom. The van der Waals surface area contributed by atoms with Gasteiger partial charge in [-0.1, -0.05) is 31.9 Å². The van der Waals surface area contributed by atoms with Crippen LogP contribution >= 0.6 is 0 Å². The van der Waals surface area contributed by atoms with Gasteiger partial charge in [0.25, 0.3) is 0 Å². The molecule has 0 unspecified atom stereocenters. The predicted molar refractivity (Wildman–Crippen MR) is 57.1 cm³/mol. The number of ether oxygens (including phenoxy) is 1. The number of carbonyl (C=O) groups excluding carboxylic acids is 2. The van der Waals surface area contributed by atoms with Crippen LogP contribution in [-0.2, 0) is 14.3 Å². The van der Waals surface area contributed by atoms with E-state index in [2.05, 4.69) is 17.7 Å². The molecule has 0 bridgehead atoms. The van der Waals surface area contributed by atoms with E-state index >= 15 is 0 Å². The molecular formula is C12H18O3. The van der Waals surface area contributed by atoms with Crippen LogP contribution in [0.25, 0.3) is 0 Å². The number of unbranched alkanes of at least 4 members (excludes halogenated alkanes) is 3. The summed E-state index contributed by atoms with van der Waals surface area (Å²) < 4.78 is 4.46. The molecule has 0 radical (unpaired) electrons. The summed E-state index contributed by atoms with van der Waals surface area (Å²) in [5, 5.41) is 0. The fraction of sp³-hybridized carbons (Fsp3) is 0.667. The zero-order valence-corrected chi connectivity index (χ0v) is 9.20. The maximum atomic E-state index is 11.1. The second kappa shape index (κ2) is 6.38. The molecule has 1 atom stereocenters. The van der Waals surface area contributed by atoms with Crippen LogP contribution in [-0.4, -0.2) is 11.9 Å². The average molecular weight is 210 g/mol. The molecule has 0 saturated carbocycles. The first-order valence-electron chi connectivity index (χ1n) is 5.63. The van der Waals surface area contributed by atoms with Crippen LogP contribution in [0, 0.1) is 5.92 Å². The summed E-state index contributed by atoms with van der Waals surface area (Å²) in [5.74, 6) is -0.984. The molecule has 84 valence electrons. The fourth-order valence-electron chi connectivity index (χ4n) is 1.59. The van der Waals surface area contributed by atoms with Crippen LogP contribution in [0.15, 0.2) is 12.2 Å². The Hall–Kier alpha value is -1.12. The number of hydrogen-bond donors (Lipinski definition) is 0. The molecule has 3 heteroatoms. The Morgan fingerprint density at radius 2 is 2.13 bits per heavy atom. The molecule has 1 aliphatic rings. The first-order chi connectivity index (χ1) is 7.24. The highest BCUT2D eigenvalue weighted by Gasteiger charge is 2.31. The monoisotopic (exact) mass is 210 g/mol. The van der Waals surface area contributed by atoms with Gasteiger partial charge in [0.1, 0.15) is 0 Å². The second-order valence-electron chi connectivity index (χ2n) is 3.90. The average Bonchev–Trinajstić information content (AvgIpc) is 2.51. The molecule has 0 aromatic heterocycles. The second-order valence-corrected chi connectivity index (χ2v) is 3.90. The third-order valence-corrected chi connectivity index (χ3v) is 2.52. The molecule has 15 heavy (non-hydrogen) atoms. The van der Waals surface area contributed by atoms with Crippen LogP contribution in [0.5, 0.6) is 0 Å². The highest BCUT2D eigenvalue weighted by Crippen LogP contribution is 2.19. The van der Waals surface area contributed by atoms with Crippen molar-refractivity contribution in [3.63, 3.8) is 0 Å². The lowest BCUT2D eigenvalue weighted by Gasteiger charge is -1.98. The van der Waals surface area contributed by atoms with E-state index in [1.165, 1.54) is 19.3 Å². The molecule has 1 saturated heterocycles. The smallest absolute Gasteiger partial charge is 0.317 e. The van der Waals surface area contributed by atoms with Crippen molar-refractivity contribution < 1.29 is 14.3 Å². The number of allylic oxidation sites excluding steroid dienone is 2. The van der Waals surface area contributed by atoms with Gasteiger partial charge in [-0.15, -0.1) is 0 Å². The number of cyclic esters (lactones) is 2. The lowest BCUT2D eigenvalue weighted by molar-refractivity contribution is -0.153. The van der Waals surface area contributed by atoms with Crippen molar-refractivity contribution in [2.75, 3.05) is 0 Å². The van der Waals surface area contributed by atoms with E-state index in [-0.39, 0.29) is 24.3 Å². The van der Waals surface area contributed by atoms with Gasteiger partial charge in [-0.3, -0.25) is 9.59 Å². The molecule has 0 aliphatic carbocycles. The summed E-state index contributed by atoms with van der Waals surface area (Å²) in [4.78, 5) is 21.8. The molecule has 1 fully saturated rings. The Balaban J connectivity index is 2.14. The molecule has 1 aliphatic heterocycles. The normalized spacial score (nSPS) is 21.3. The van der Waals surface area contributed by atoms with Crippen LogP contribution in [0.3, 0.4) is 0 Å². The SMILES string of the molecule is CCCCC/C=C/C[C@H]1CC(=O)OC1=O. The zero-order chi connectivity index (χ0) is 11.1. The Morgan fingerprint density at radius 3 is 2.73 bits per heavy atom. The Kier molecular flexibility index (Phi) is 5.08. The minimum absolute atomic E-state index is 0.236. The first kappa shape index (κ1) is 12.0. The Bertz CT molecular complexity index is 256. The largest absolute Gasteiger partial charge is 0.393 e. The number of esters is 2. The van der Waals surface area contributed by atoms with E-state index in [4.69, 9.17) is 0 Å². The van der Waals surface area contributed by atoms with Gasteiger partial charge < -0.3 is 4.74 Å². The standard InChI is InChI=1S/C12H18O3/c1-2-3-4-5-6-7-8-10-9-11(13)15-12(10)14/h6-7,10H,2-5,8-9H2,1H3/b7-6+/t10-/m0/s1. The minimum atomic E-state index is -0.385. The highest BCUT2D eigenvalue weighted by molar-refractivity contribution is 5.94. The Labute approximate surface area is 90.5 Å². The van der Waals surface area contributed by atoms with Crippen molar-refractivity contribution in [2.45, 2.75) is 45.4 Å². The molecule has 1 heterocycles. The summed E-state index contributed by atoms with van der Waals surface area (Å²) in [6.07, 6.45) is 9.68. The zero-order valence-electron chi connectivity index (χ0n) is 9.20. The number of rotatable bonds is 6. The summed E-state index contributed by atoms with van der Waals surface area (Å²) in [7, 11) is 0. The third-order valence-electron chi connectivity index (χ3n) is 2.52. The van der Waals surface area contributed by atoms with Crippen molar-refractivity contribution in [3.8, 4) is 0 Å². The van der Waals surface area contributed by atoms with Gasteiger partial charge in [0, 0.05) is 0 Å². The molecule has 0 spiro atoms. The molecular weight excluding hydrogens is 192 g/mol. The summed E-state index contributed by atoms with van der Waals surface area (Å²) in [6, 6.07) is 0. The van der Waals surface area contributed by atoms with Crippen molar-refractivity contribution in [1.82, 2.24) is 0 Å². The molecule has 0 amide bonds. The number of hydrogen-bond acceptors (Lipinski definition) is 3. The van der Waals surface area contributed by atoms with Gasteiger partial charge in [-0.2, -0.15) is 0 Å². The van der Waals surface area contributed by atoms with Crippen molar-refractivity contribution >= 4 is 11.9 Å². The molecule has 0 aromatic rings. The van der Waals surface area contributed by atoms with E-state index in [1.807, 2.05) is 6.08 Å². The number of carbonyl (C=O) groups is 2. The maximum absolute atomic E-state index is 11.1. The van der Waals surface area contributed by atoms with Crippen molar-refractivity contribution in [3.05, 3.63) is 12.2 Å². The fourth-order valence-corrected chi connectivity index (χ4v) is 1.59. The van der Waals surface area contributed by atoms with Crippen LogP contribution in [0.1, 0.15) is 45.4 Å². The van der Waals surface area contributed by atoms with E-state index in [1.54, 1.807) is 0 Å². The van der Waals surface area contributed by atoms with Crippen molar-refractivity contribution in [1.29, 1.82) is 0 Å². The van der Waals surface area contributed by atoms with Gasteiger partial charge in [-0.25, -0.2) is 0 Å². The molecule has 0 aromatic carbocycles. The first-order valence-corrected chi connectivity index (χ1v) is 5.63. The van der Waals surface area contributed by atoms with E-state index in [9.17, 15) is 9.59 Å². The van der Waals surface area contributed by atoms with Gasteiger partial charge in [-0.05, 0) is 19.3 Å². The van der Waals surface area contributed by atoms with Crippen LogP contribution in [0.2, 0.25) is 0 Å². The summed E-state index contributed by atoms with van der Waals surface area (Å²) >= 11 is 0. The van der Waals surface area contributed by atoms with E-state index in [0.717, 1.165) is 6.42 Å². The van der Waals surface area contributed by atoms with Gasteiger partial charge in [0.05, 0.1) is 12.3 Å². The lowest BCUT2D eigenvalue weighted by atomic mass is 10.0. The van der Waals surface area contributed by atoms with Crippen LogP contribution < -0.4 is 0 Å². The quantitative estimate of drug-likeness (QED) is 0.293. The maximum Gasteiger partial charge on any atom is 0.317 e. The molecule has 0 N–H and O–H groups in total. The van der Waals surface area contributed by atoms with Crippen LogP contribution in [0.4, 0.5) is 0 Å². The van der Waals surface area contributed by atoms with Gasteiger partial charge in [0.15, 0.2) is 0 Å². The lowest BCUT2D eigenvalue weighted by Crippen LogP contribution is -2.05.